The van der Waals surface area contributed by atoms with Crippen LogP contribution in [0.3, 0.4) is 0 Å². The molecule has 0 aromatic heterocycles. The Bertz CT molecular complexity index is 1680. The topological polar surface area (TPSA) is 96.0 Å². The lowest BCUT2D eigenvalue weighted by Crippen LogP contribution is -2.54. The Kier molecular flexibility index (Phi) is 12.0. The van der Waals surface area contributed by atoms with E-state index < -0.39 is 28.5 Å². The van der Waals surface area contributed by atoms with E-state index in [4.69, 9.17) is 4.74 Å². The molecule has 0 aliphatic rings. The Balaban J connectivity index is 1.80. The van der Waals surface area contributed by atoms with E-state index in [1.165, 1.54) is 17.0 Å². The first kappa shape index (κ1) is 34.2. The van der Waals surface area contributed by atoms with Crippen LogP contribution in [-0.2, 0) is 32.6 Å². The summed E-state index contributed by atoms with van der Waals surface area (Å²) < 4.78 is 34.9. The van der Waals surface area contributed by atoms with E-state index in [2.05, 4.69) is 5.32 Å². The molecule has 0 spiro atoms. The number of carbonyl (C=O) groups excluding carboxylic acids is 2. The minimum absolute atomic E-state index is 0.0530. The number of aryl methyl sites for hydroxylation is 1. The molecule has 242 valence electrons. The number of hydrogen-bond acceptors (Lipinski definition) is 5. The maximum atomic E-state index is 14.6. The number of amides is 2. The first-order chi connectivity index (χ1) is 22.1. The van der Waals surface area contributed by atoms with Crippen molar-refractivity contribution < 1.29 is 22.7 Å². The molecule has 4 aromatic rings. The van der Waals surface area contributed by atoms with Crippen LogP contribution in [0.25, 0.3) is 0 Å². The summed E-state index contributed by atoms with van der Waals surface area (Å²) in [5.74, 6) is -0.215. The average Bonchev–Trinajstić information content (AvgIpc) is 3.06. The molecule has 0 aliphatic heterocycles. The number of benzene rings is 4. The number of nitrogens with one attached hydrogen (secondary N) is 1. The van der Waals surface area contributed by atoms with Gasteiger partial charge in [-0.05, 0) is 74.7 Å². The van der Waals surface area contributed by atoms with Crippen LogP contribution in [0.15, 0.2) is 114 Å². The van der Waals surface area contributed by atoms with Crippen LogP contribution in [0, 0.1) is 6.92 Å². The molecule has 8 nitrogen and oxygen atoms in total. The van der Waals surface area contributed by atoms with Crippen LogP contribution < -0.4 is 14.4 Å². The van der Waals surface area contributed by atoms with E-state index >= 15 is 0 Å². The normalized spacial score (nSPS) is 12.5. The highest BCUT2D eigenvalue weighted by molar-refractivity contribution is 7.92. The molecule has 0 heterocycles. The number of rotatable bonds is 15. The van der Waals surface area contributed by atoms with Crippen molar-refractivity contribution >= 4 is 27.5 Å². The molecule has 0 saturated carbocycles. The monoisotopic (exact) mass is 641 g/mol. The maximum absolute atomic E-state index is 14.6. The number of carbonyl (C=O) groups is 2. The largest absolute Gasteiger partial charge is 0.494 e. The Morgan fingerprint density at radius 3 is 2.07 bits per heavy atom. The Morgan fingerprint density at radius 1 is 0.826 bits per heavy atom. The predicted octanol–water partition coefficient (Wildman–Crippen LogP) is 6.14. The maximum Gasteiger partial charge on any atom is 0.264 e. The zero-order chi connectivity index (χ0) is 33.1. The van der Waals surface area contributed by atoms with Crippen molar-refractivity contribution in [1.29, 1.82) is 0 Å². The van der Waals surface area contributed by atoms with Gasteiger partial charge in [-0.2, -0.15) is 0 Å². The highest BCUT2D eigenvalue weighted by Gasteiger charge is 2.35. The van der Waals surface area contributed by atoms with Crippen molar-refractivity contribution in [2.24, 2.45) is 0 Å². The Morgan fingerprint density at radius 2 is 1.46 bits per heavy atom. The molecule has 46 heavy (non-hydrogen) atoms. The van der Waals surface area contributed by atoms with Gasteiger partial charge in [-0.3, -0.25) is 13.9 Å². The molecule has 0 bridgehead atoms. The summed E-state index contributed by atoms with van der Waals surface area (Å²) in [5, 5.41) is 3.06. The number of anilines is 1. The molecular formula is C37H43N3O5S. The Hall–Kier alpha value is -4.63. The van der Waals surface area contributed by atoms with Gasteiger partial charge in [0.15, 0.2) is 0 Å². The summed E-state index contributed by atoms with van der Waals surface area (Å²) in [7, 11) is -4.17. The minimum Gasteiger partial charge on any atom is -0.494 e. The highest BCUT2D eigenvalue weighted by Crippen LogP contribution is 2.27. The number of hydrogen-bond donors (Lipinski definition) is 1. The second kappa shape index (κ2) is 16.1. The van der Waals surface area contributed by atoms with Gasteiger partial charge < -0.3 is 15.0 Å². The molecule has 0 aliphatic carbocycles. The second-order valence-corrected chi connectivity index (χ2v) is 13.1. The standard InChI is InChI=1S/C37H43N3O5S/c1-5-29(4)38-37(42)35(25-30-15-9-7-10-16-30)39(26-31-17-13-14-28(3)24-31)36(41)27-40(32-20-22-33(23-21-32)45-6-2)46(43,44)34-18-11-8-12-19-34/h7-24,29,35H,5-6,25-27H2,1-4H3,(H,38,42)/t29-,35-/m1/s1. The van der Waals surface area contributed by atoms with Crippen LogP contribution in [0.4, 0.5) is 5.69 Å². The van der Waals surface area contributed by atoms with Crippen molar-refractivity contribution in [3.63, 3.8) is 0 Å². The lowest BCUT2D eigenvalue weighted by atomic mass is 10.0. The average molecular weight is 642 g/mol. The van der Waals surface area contributed by atoms with Gasteiger partial charge in [-0.15, -0.1) is 0 Å². The summed E-state index contributed by atoms with van der Waals surface area (Å²) in [6.45, 7) is 7.80. The van der Waals surface area contributed by atoms with Crippen molar-refractivity contribution in [2.45, 2.75) is 64.1 Å². The zero-order valence-electron chi connectivity index (χ0n) is 26.9. The summed E-state index contributed by atoms with van der Waals surface area (Å²) in [6.07, 6.45) is 0.978. The highest BCUT2D eigenvalue weighted by atomic mass is 32.2. The molecule has 0 unspecified atom stereocenters. The van der Waals surface area contributed by atoms with Crippen molar-refractivity contribution in [1.82, 2.24) is 10.2 Å². The van der Waals surface area contributed by atoms with Gasteiger partial charge in [0.05, 0.1) is 17.2 Å². The van der Waals surface area contributed by atoms with Gasteiger partial charge in [0.2, 0.25) is 11.8 Å². The first-order valence-electron chi connectivity index (χ1n) is 15.6. The fourth-order valence-corrected chi connectivity index (χ4v) is 6.56. The van der Waals surface area contributed by atoms with Crippen LogP contribution >= 0.6 is 0 Å². The van der Waals surface area contributed by atoms with Crippen LogP contribution in [0.2, 0.25) is 0 Å². The smallest absolute Gasteiger partial charge is 0.264 e. The van der Waals surface area contributed by atoms with Gasteiger partial charge in [0.25, 0.3) is 10.0 Å². The third-order valence-electron chi connectivity index (χ3n) is 7.75. The molecule has 0 fully saturated rings. The number of nitrogens with zero attached hydrogens (tertiary/aromatic N) is 2. The summed E-state index contributed by atoms with van der Waals surface area (Å²) in [5.41, 5.74) is 3.03. The van der Waals surface area contributed by atoms with Gasteiger partial charge in [0.1, 0.15) is 18.3 Å². The molecule has 1 N–H and O–H groups in total. The number of ether oxygens (including phenoxy) is 1. The lowest BCUT2D eigenvalue weighted by molar-refractivity contribution is -0.140. The molecule has 0 radical (unpaired) electrons. The number of sulfonamides is 1. The fraction of sp³-hybridized carbons (Fsp3) is 0.297. The summed E-state index contributed by atoms with van der Waals surface area (Å²) >= 11 is 0. The van der Waals surface area contributed by atoms with E-state index in [1.807, 2.05) is 82.3 Å². The lowest BCUT2D eigenvalue weighted by Gasteiger charge is -2.34. The Labute approximate surface area is 273 Å². The van der Waals surface area contributed by atoms with E-state index in [0.717, 1.165) is 27.4 Å². The van der Waals surface area contributed by atoms with Crippen molar-refractivity contribution in [3.8, 4) is 5.75 Å². The summed E-state index contributed by atoms with van der Waals surface area (Å²) in [6, 6.07) is 30.9. The quantitative estimate of drug-likeness (QED) is 0.168. The molecule has 2 amide bonds. The van der Waals surface area contributed by atoms with Gasteiger partial charge in [-0.25, -0.2) is 8.42 Å². The fourth-order valence-electron chi connectivity index (χ4n) is 5.13. The van der Waals surface area contributed by atoms with Crippen LogP contribution in [-0.4, -0.2) is 50.4 Å². The SMILES string of the molecule is CCOc1ccc(N(CC(=O)N(Cc2cccc(C)c2)[C@H](Cc2ccccc2)C(=O)N[C@H](C)CC)S(=O)(=O)c2ccccc2)cc1. The molecular weight excluding hydrogens is 598 g/mol. The van der Waals surface area contributed by atoms with E-state index in [9.17, 15) is 18.0 Å². The second-order valence-electron chi connectivity index (χ2n) is 11.3. The third kappa shape index (κ3) is 8.97. The minimum atomic E-state index is -4.17. The summed E-state index contributed by atoms with van der Waals surface area (Å²) in [4.78, 5) is 30.1. The van der Waals surface area contributed by atoms with Gasteiger partial charge in [-0.1, -0.05) is 85.3 Å². The molecule has 2 atom stereocenters. The zero-order valence-corrected chi connectivity index (χ0v) is 27.7. The van der Waals surface area contributed by atoms with Crippen molar-refractivity contribution in [3.05, 3.63) is 126 Å². The predicted molar refractivity (Wildman–Crippen MR) is 182 cm³/mol. The molecule has 4 rings (SSSR count). The van der Waals surface area contributed by atoms with E-state index in [0.29, 0.717) is 18.0 Å². The molecule has 9 heteroatoms. The molecule has 0 saturated heterocycles. The molecule has 4 aromatic carbocycles. The third-order valence-corrected chi connectivity index (χ3v) is 9.54. The van der Waals surface area contributed by atoms with Crippen LogP contribution in [0.5, 0.6) is 5.75 Å². The van der Waals surface area contributed by atoms with E-state index in [1.54, 1.807) is 42.5 Å². The van der Waals surface area contributed by atoms with Crippen LogP contribution in [0.1, 0.15) is 43.9 Å². The van der Waals surface area contributed by atoms with E-state index in [-0.39, 0.29) is 29.8 Å². The van der Waals surface area contributed by atoms with Gasteiger partial charge >= 0.3 is 0 Å². The van der Waals surface area contributed by atoms with Gasteiger partial charge in [0, 0.05) is 19.0 Å². The first-order valence-corrected chi connectivity index (χ1v) is 17.1. The van der Waals surface area contributed by atoms with Crippen molar-refractivity contribution in [2.75, 3.05) is 17.5 Å².